The van der Waals surface area contributed by atoms with E-state index in [1.54, 1.807) is 0 Å². The van der Waals surface area contributed by atoms with Crippen LogP contribution >= 0.6 is 0 Å². The molecule has 0 bridgehead atoms. The first-order valence-electron chi connectivity index (χ1n) is 5.49. The summed E-state index contributed by atoms with van der Waals surface area (Å²) in [5.41, 5.74) is 0.337. The minimum atomic E-state index is -0.859. The van der Waals surface area contributed by atoms with Crippen LogP contribution in [-0.2, 0) is 4.79 Å². The maximum Gasteiger partial charge on any atom is 0.349 e. The van der Waals surface area contributed by atoms with Crippen LogP contribution in [0.3, 0.4) is 0 Å². The molecule has 1 N–H and O–H groups in total. The Labute approximate surface area is 86.2 Å². The third-order valence-corrected chi connectivity index (χ3v) is 2.05. The van der Waals surface area contributed by atoms with Gasteiger partial charge in [-0.3, -0.25) is 4.99 Å². The van der Waals surface area contributed by atoms with Crippen LogP contribution in [0.4, 0.5) is 0 Å². The zero-order valence-electron chi connectivity index (χ0n) is 9.25. The molecule has 0 saturated carbocycles. The fourth-order valence-electron chi connectivity index (χ4n) is 1.24. The number of hydrogen-bond acceptors (Lipinski definition) is 2. The average Bonchev–Trinajstić information content (AvgIpc) is 2.15. The Kier molecular flexibility index (Phi) is 8.19. The lowest BCUT2D eigenvalue weighted by molar-refractivity contribution is -0.129. The van der Waals surface area contributed by atoms with Crippen LogP contribution in [0.15, 0.2) is 4.99 Å². The van der Waals surface area contributed by atoms with Gasteiger partial charge in [-0.1, -0.05) is 39.5 Å². The summed E-state index contributed by atoms with van der Waals surface area (Å²) >= 11 is 0. The fourth-order valence-corrected chi connectivity index (χ4v) is 1.24. The molecule has 0 amide bonds. The summed E-state index contributed by atoms with van der Waals surface area (Å²) in [6.45, 7) is 4.79. The predicted octanol–water partition coefficient (Wildman–Crippen LogP) is 2.89. The Balaban J connectivity index is 3.73. The zero-order chi connectivity index (χ0) is 10.8. The summed E-state index contributed by atoms with van der Waals surface area (Å²) in [6, 6.07) is 0. The predicted molar refractivity (Wildman–Crippen MR) is 59.0 cm³/mol. The van der Waals surface area contributed by atoms with E-state index >= 15 is 0 Å². The van der Waals surface area contributed by atoms with Crippen LogP contribution < -0.4 is 0 Å². The van der Waals surface area contributed by atoms with Gasteiger partial charge in [-0.25, -0.2) is 4.79 Å². The smallest absolute Gasteiger partial charge is 0.349 e. The molecule has 3 heteroatoms. The first-order valence-corrected chi connectivity index (χ1v) is 5.49. The quantitative estimate of drug-likeness (QED) is 0.482. The molecule has 0 saturated heterocycles. The molecule has 0 fully saturated rings. The third-order valence-electron chi connectivity index (χ3n) is 2.05. The molecule has 0 heterocycles. The lowest BCUT2D eigenvalue weighted by Gasteiger charge is -1.99. The lowest BCUT2D eigenvalue weighted by atomic mass is 10.2. The monoisotopic (exact) mass is 199 g/mol. The molecule has 3 nitrogen and oxygen atoms in total. The molecular weight excluding hydrogens is 178 g/mol. The van der Waals surface area contributed by atoms with Gasteiger partial charge in [0.2, 0.25) is 0 Å². The van der Waals surface area contributed by atoms with Crippen molar-refractivity contribution in [3.05, 3.63) is 0 Å². The normalized spacial score (nSPS) is 11.7. The second-order valence-electron chi connectivity index (χ2n) is 3.44. The number of nitrogens with zero attached hydrogens (tertiary/aromatic N) is 1. The molecule has 0 aromatic rings. The summed E-state index contributed by atoms with van der Waals surface area (Å²) in [6.07, 6.45) is 6.01. The van der Waals surface area contributed by atoms with Crippen molar-refractivity contribution < 1.29 is 9.90 Å². The van der Waals surface area contributed by atoms with Gasteiger partial charge in [0.15, 0.2) is 0 Å². The average molecular weight is 199 g/mol. The molecular formula is C11H21NO2. The number of carbonyl (C=O) groups is 1. The molecule has 0 aliphatic carbocycles. The summed E-state index contributed by atoms with van der Waals surface area (Å²) in [7, 11) is 0. The Bertz CT molecular complexity index is 188. The van der Waals surface area contributed by atoms with Gasteiger partial charge in [0.1, 0.15) is 5.71 Å². The minimum absolute atomic E-state index is 0.337. The van der Waals surface area contributed by atoms with E-state index in [2.05, 4.69) is 11.9 Å². The first kappa shape index (κ1) is 13.1. The van der Waals surface area contributed by atoms with Crippen LogP contribution in [0.25, 0.3) is 0 Å². The highest BCUT2D eigenvalue weighted by atomic mass is 16.4. The first-order chi connectivity index (χ1) is 6.72. The maximum absolute atomic E-state index is 10.7. The molecule has 0 aliphatic heterocycles. The zero-order valence-corrected chi connectivity index (χ0v) is 9.25. The van der Waals surface area contributed by atoms with Crippen LogP contribution in [0, 0.1) is 0 Å². The Morgan fingerprint density at radius 1 is 1.14 bits per heavy atom. The van der Waals surface area contributed by atoms with Gasteiger partial charge in [0.25, 0.3) is 0 Å². The molecule has 0 radical (unpaired) electrons. The number of carboxylic acid groups (broad SMARTS) is 1. The van der Waals surface area contributed by atoms with Crippen molar-refractivity contribution in [3.63, 3.8) is 0 Å². The number of hydrogen-bond donors (Lipinski definition) is 1. The van der Waals surface area contributed by atoms with Crippen LogP contribution in [-0.4, -0.2) is 23.3 Å². The van der Waals surface area contributed by atoms with Crippen LogP contribution in [0.2, 0.25) is 0 Å². The molecule has 0 rings (SSSR count). The number of carboxylic acids is 1. The van der Waals surface area contributed by atoms with E-state index < -0.39 is 5.97 Å². The molecule has 14 heavy (non-hydrogen) atoms. The second-order valence-corrected chi connectivity index (χ2v) is 3.44. The Hall–Kier alpha value is -0.860. The van der Waals surface area contributed by atoms with Crippen LogP contribution in [0.1, 0.15) is 52.4 Å². The van der Waals surface area contributed by atoms with Crippen molar-refractivity contribution in [1.82, 2.24) is 0 Å². The van der Waals surface area contributed by atoms with Gasteiger partial charge in [0, 0.05) is 6.54 Å². The highest BCUT2D eigenvalue weighted by Gasteiger charge is 2.06. The molecule has 0 unspecified atom stereocenters. The minimum Gasteiger partial charge on any atom is -0.477 e. The van der Waals surface area contributed by atoms with E-state index in [0.29, 0.717) is 18.7 Å². The lowest BCUT2D eigenvalue weighted by Crippen LogP contribution is -2.13. The van der Waals surface area contributed by atoms with Gasteiger partial charge in [-0.2, -0.15) is 0 Å². The Morgan fingerprint density at radius 2 is 1.86 bits per heavy atom. The van der Waals surface area contributed by atoms with E-state index in [4.69, 9.17) is 5.11 Å². The van der Waals surface area contributed by atoms with E-state index in [0.717, 1.165) is 19.3 Å². The highest BCUT2D eigenvalue weighted by Crippen LogP contribution is 2.00. The van der Waals surface area contributed by atoms with Gasteiger partial charge in [-0.15, -0.1) is 0 Å². The number of aliphatic imine (C=N–C) groups is 1. The van der Waals surface area contributed by atoms with Gasteiger partial charge >= 0.3 is 5.97 Å². The highest BCUT2D eigenvalue weighted by molar-refractivity contribution is 6.35. The molecule has 0 aromatic heterocycles. The number of aliphatic carboxylic acids is 1. The van der Waals surface area contributed by atoms with E-state index in [-0.39, 0.29) is 0 Å². The van der Waals surface area contributed by atoms with E-state index in [1.807, 2.05) is 6.92 Å². The second kappa shape index (κ2) is 8.73. The molecule has 0 spiro atoms. The molecule has 0 aromatic carbocycles. The SMILES string of the molecule is CCCCCCN=C(CCC)C(=O)O. The van der Waals surface area contributed by atoms with Crippen LogP contribution in [0.5, 0.6) is 0 Å². The number of rotatable bonds is 8. The molecule has 0 aliphatic rings. The van der Waals surface area contributed by atoms with Crippen molar-refractivity contribution in [3.8, 4) is 0 Å². The topological polar surface area (TPSA) is 49.7 Å². The van der Waals surface area contributed by atoms with Crippen molar-refractivity contribution in [1.29, 1.82) is 0 Å². The summed E-state index contributed by atoms with van der Waals surface area (Å²) in [5.74, 6) is -0.859. The van der Waals surface area contributed by atoms with Gasteiger partial charge in [0.05, 0.1) is 0 Å². The summed E-state index contributed by atoms with van der Waals surface area (Å²) in [5, 5.41) is 8.78. The van der Waals surface area contributed by atoms with Gasteiger partial charge < -0.3 is 5.11 Å². The standard InChI is InChI=1S/C11H21NO2/c1-3-5-6-7-9-12-10(8-4-2)11(13)14/h3-9H2,1-2H3,(H,13,14). The van der Waals surface area contributed by atoms with Crippen molar-refractivity contribution in [2.24, 2.45) is 4.99 Å². The largest absolute Gasteiger partial charge is 0.477 e. The van der Waals surface area contributed by atoms with Gasteiger partial charge in [-0.05, 0) is 12.8 Å². The molecule has 0 atom stereocenters. The van der Waals surface area contributed by atoms with E-state index in [9.17, 15) is 4.79 Å². The number of unbranched alkanes of at least 4 members (excludes halogenated alkanes) is 3. The third kappa shape index (κ3) is 6.63. The summed E-state index contributed by atoms with van der Waals surface area (Å²) in [4.78, 5) is 14.8. The Morgan fingerprint density at radius 3 is 2.36 bits per heavy atom. The fraction of sp³-hybridized carbons (Fsp3) is 0.818. The van der Waals surface area contributed by atoms with E-state index in [1.165, 1.54) is 12.8 Å². The maximum atomic E-state index is 10.7. The summed E-state index contributed by atoms with van der Waals surface area (Å²) < 4.78 is 0. The van der Waals surface area contributed by atoms with Crippen molar-refractivity contribution in [2.45, 2.75) is 52.4 Å². The molecule has 82 valence electrons. The van der Waals surface area contributed by atoms with Crippen molar-refractivity contribution in [2.75, 3.05) is 6.54 Å². The van der Waals surface area contributed by atoms with Crippen molar-refractivity contribution >= 4 is 11.7 Å².